The van der Waals surface area contributed by atoms with Crippen LogP contribution in [0.4, 0.5) is 13.2 Å². The summed E-state index contributed by atoms with van der Waals surface area (Å²) in [4.78, 5) is 0. The topological polar surface area (TPSA) is 0 Å². The molecule has 0 bridgehead atoms. The van der Waals surface area contributed by atoms with Gasteiger partial charge in [-0.3, -0.25) is 0 Å². The summed E-state index contributed by atoms with van der Waals surface area (Å²) in [6.45, 7) is 0. The van der Waals surface area contributed by atoms with Crippen LogP contribution in [0.3, 0.4) is 0 Å². The van der Waals surface area contributed by atoms with Crippen LogP contribution in [0.25, 0.3) is 0 Å². The van der Waals surface area contributed by atoms with E-state index >= 15 is 0 Å². The molecule has 0 aliphatic heterocycles. The molecule has 0 saturated heterocycles. The predicted molar refractivity (Wildman–Crippen MR) is 67.8 cm³/mol. The molecule has 0 saturated carbocycles. The van der Waals surface area contributed by atoms with Gasteiger partial charge >= 0.3 is 122 Å². The zero-order chi connectivity index (χ0) is 13.3. The first-order chi connectivity index (χ1) is 8.52. The summed E-state index contributed by atoms with van der Waals surface area (Å²) < 4.78 is 41.3. The Labute approximate surface area is 122 Å². The van der Waals surface area contributed by atoms with Crippen LogP contribution in [0.2, 0.25) is 10.0 Å². The number of halogens is 5. The Morgan fingerprint density at radius 2 is 1.28 bits per heavy atom. The van der Waals surface area contributed by atoms with Gasteiger partial charge in [0.15, 0.2) is 0 Å². The van der Waals surface area contributed by atoms with E-state index in [-0.39, 0.29) is 3.61 Å². The van der Waals surface area contributed by atoms with Gasteiger partial charge in [0, 0.05) is 0 Å². The zero-order valence-corrected chi connectivity index (χ0v) is 12.5. The summed E-state index contributed by atoms with van der Waals surface area (Å²) >= 11 is 9.54. The van der Waals surface area contributed by atoms with Crippen molar-refractivity contribution in [3.63, 3.8) is 0 Å². The van der Waals surface area contributed by atoms with E-state index in [1.807, 2.05) is 0 Å². The second kappa shape index (κ2) is 5.71. The Balaban J connectivity index is 2.52. The number of rotatable bonds is 2. The van der Waals surface area contributed by atoms with Crippen LogP contribution in [-0.2, 0) is 0 Å². The molecular weight excluding hydrogens is 400 g/mol. The van der Waals surface area contributed by atoms with Crippen molar-refractivity contribution in [3.05, 3.63) is 57.8 Å². The first-order valence-electron chi connectivity index (χ1n) is 4.76. The van der Waals surface area contributed by atoms with E-state index < -0.39 is 48.4 Å². The van der Waals surface area contributed by atoms with E-state index in [0.29, 0.717) is 0 Å². The molecular formula is C12H5Cl2F3Te. The summed E-state index contributed by atoms with van der Waals surface area (Å²) in [5.41, 5.74) is 0. The van der Waals surface area contributed by atoms with Gasteiger partial charge in [0.1, 0.15) is 0 Å². The van der Waals surface area contributed by atoms with Crippen molar-refractivity contribution in [2.45, 2.75) is 0 Å². The molecule has 0 N–H and O–H groups in total. The Morgan fingerprint density at radius 3 is 1.78 bits per heavy atom. The standard InChI is InChI=1S/C12H5Cl2F3Te/c13-7-9(15)8(14)11(17)12(10(7)16)18-6-4-2-1-3-5-6/h1-5H. The Morgan fingerprint density at radius 1 is 0.778 bits per heavy atom. The first-order valence-corrected chi connectivity index (χ1v) is 7.85. The minimum atomic E-state index is -1.35. The number of hydrogen-bond donors (Lipinski definition) is 0. The molecule has 2 aromatic rings. The molecule has 0 atom stereocenters. The summed E-state index contributed by atoms with van der Waals surface area (Å²) in [5.74, 6) is -3.36. The van der Waals surface area contributed by atoms with Gasteiger partial charge in [-0.05, 0) is 0 Å². The molecule has 2 rings (SSSR count). The average Bonchev–Trinajstić information content (AvgIpc) is 2.40. The third-order valence-corrected chi connectivity index (χ3v) is 5.85. The summed E-state index contributed by atoms with van der Waals surface area (Å²) in [6, 6.07) is 8.84. The van der Waals surface area contributed by atoms with Gasteiger partial charge in [-0.15, -0.1) is 0 Å². The fourth-order valence-electron chi connectivity index (χ4n) is 1.28. The van der Waals surface area contributed by atoms with Gasteiger partial charge in [-0.25, -0.2) is 0 Å². The van der Waals surface area contributed by atoms with E-state index in [2.05, 4.69) is 0 Å². The van der Waals surface area contributed by atoms with Crippen molar-refractivity contribution in [1.82, 2.24) is 0 Å². The molecule has 0 radical (unpaired) electrons. The molecule has 2 aromatic carbocycles. The monoisotopic (exact) mass is 406 g/mol. The Bertz CT molecular complexity index is 559. The third-order valence-electron chi connectivity index (χ3n) is 2.13. The summed E-state index contributed by atoms with van der Waals surface area (Å²) in [7, 11) is 0. The van der Waals surface area contributed by atoms with Crippen LogP contribution in [0.5, 0.6) is 0 Å². The van der Waals surface area contributed by atoms with Gasteiger partial charge in [-0.2, -0.15) is 0 Å². The van der Waals surface area contributed by atoms with Crippen LogP contribution in [0.15, 0.2) is 30.3 Å². The number of benzene rings is 2. The van der Waals surface area contributed by atoms with Crippen molar-refractivity contribution < 1.29 is 13.2 Å². The van der Waals surface area contributed by atoms with Gasteiger partial charge in [0.05, 0.1) is 0 Å². The summed E-state index contributed by atoms with van der Waals surface area (Å²) in [5, 5.41) is -1.50. The predicted octanol–water partition coefficient (Wildman–Crippen LogP) is 3.07. The molecule has 0 spiro atoms. The van der Waals surface area contributed by atoms with E-state index in [0.717, 1.165) is 3.61 Å². The van der Waals surface area contributed by atoms with Gasteiger partial charge in [0.25, 0.3) is 0 Å². The second-order valence-electron chi connectivity index (χ2n) is 3.31. The van der Waals surface area contributed by atoms with Gasteiger partial charge in [-0.1, -0.05) is 0 Å². The molecule has 0 fully saturated rings. The fourth-order valence-corrected chi connectivity index (χ4v) is 4.66. The van der Waals surface area contributed by atoms with Gasteiger partial charge in [0.2, 0.25) is 0 Å². The fraction of sp³-hybridized carbons (Fsp3) is 0. The zero-order valence-electron chi connectivity index (χ0n) is 8.68. The minimum absolute atomic E-state index is 0.206. The van der Waals surface area contributed by atoms with Crippen LogP contribution < -0.4 is 7.22 Å². The van der Waals surface area contributed by atoms with Crippen LogP contribution in [-0.4, -0.2) is 20.9 Å². The third kappa shape index (κ3) is 2.62. The number of hydrogen-bond acceptors (Lipinski definition) is 0. The molecule has 0 nitrogen and oxygen atoms in total. The Kier molecular flexibility index (Phi) is 4.45. The molecule has 0 unspecified atom stereocenters. The molecule has 0 aliphatic rings. The van der Waals surface area contributed by atoms with Crippen molar-refractivity contribution in [2.75, 3.05) is 0 Å². The van der Waals surface area contributed by atoms with Crippen molar-refractivity contribution in [1.29, 1.82) is 0 Å². The Hall–Kier alpha value is -0.400. The molecule has 18 heavy (non-hydrogen) atoms. The van der Waals surface area contributed by atoms with Crippen molar-refractivity contribution in [3.8, 4) is 0 Å². The maximum atomic E-state index is 13.8. The molecule has 0 aliphatic carbocycles. The van der Waals surface area contributed by atoms with E-state index in [1.54, 1.807) is 30.3 Å². The molecule has 6 heteroatoms. The molecule has 94 valence electrons. The SMILES string of the molecule is Fc1c(Cl)c(F)c([Te]c2ccccc2)c(F)c1Cl. The van der Waals surface area contributed by atoms with E-state index in [1.165, 1.54) is 0 Å². The van der Waals surface area contributed by atoms with Crippen LogP contribution in [0.1, 0.15) is 0 Å². The molecule has 0 amide bonds. The van der Waals surface area contributed by atoms with E-state index in [4.69, 9.17) is 23.2 Å². The summed E-state index contributed by atoms with van der Waals surface area (Å²) in [6.07, 6.45) is 0. The first kappa shape index (κ1) is 14.0. The second-order valence-corrected chi connectivity index (χ2v) is 7.16. The van der Waals surface area contributed by atoms with E-state index in [9.17, 15) is 13.2 Å². The quantitative estimate of drug-likeness (QED) is 0.410. The average molecular weight is 405 g/mol. The van der Waals surface area contributed by atoms with Crippen molar-refractivity contribution >= 4 is 51.3 Å². The molecule has 0 aromatic heterocycles. The maximum absolute atomic E-state index is 13.8. The normalized spacial score (nSPS) is 10.7. The van der Waals surface area contributed by atoms with Crippen LogP contribution in [0, 0.1) is 17.5 Å². The van der Waals surface area contributed by atoms with Crippen molar-refractivity contribution in [2.24, 2.45) is 0 Å². The molecule has 0 heterocycles. The van der Waals surface area contributed by atoms with Crippen LogP contribution >= 0.6 is 23.2 Å². The van der Waals surface area contributed by atoms with Gasteiger partial charge < -0.3 is 0 Å².